The maximum absolute atomic E-state index is 10.7. The lowest BCUT2D eigenvalue weighted by atomic mass is 10.2. The van der Waals surface area contributed by atoms with Crippen LogP contribution in [0.15, 0.2) is 12.1 Å². The number of halogens is 2. The van der Waals surface area contributed by atoms with Crippen LogP contribution in [0, 0.1) is 16.0 Å². The molecule has 0 aliphatic heterocycles. The SMILES string of the molecule is CC(C)CNCC(O)COc1c(Cl)cc([N+](=O)[O-])cc1Cl. The molecule has 0 aromatic heterocycles. The Kier molecular flexibility index (Phi) is 7.17. The average molecular weight is 337 g/mol. The minimum absolute atomic E-state index is 0.0116. The average Bonchev–Trinajstić information content (AvgIpc) is 2.36. The summed E-state index contributed by atoms with van der Waals surface area (Å²) < 4.78 is 5.35. The van der Waals surface area contributed by atoms with Crippen molar-refractivity contribution in [2.75, 3.05) is 19.7 Å². The van der Waals surface area contributed by atoms with Crippen LogP contribution in [-0.4, -0.2) is 35.8 Å². The van der Waals surface area contributed by atoms with Crippen LogP contribution in [0.4, 0.5) is 5.69 Å². The molecule has 1 aromatic carbocycles. The zero-order chi connectivity index (χ0) is 16.0. The van der Waals surface area contributed by atoms with Gasteiger partial charge in [0.15, 0.2) is 5.75 Å². The number of nitro benzene ring substituents is 1. The zero-order valence-electron chi connectivity index (χ0n) is 11.8. The maximum atomic E-state index is 10.7. The van der Waals surface area contributed by atoms with E-state index in [-0.39, 0.29) is 28.1 Å². The van der Waals surface area contributed by atoms with Gasteiger partial charge >= 0.3 is 0 Å². The fourth-order valence-corrected chi connectivity index (χ4v) is 2.15. The number of hydrogen-bond donors (Lipinski definition) is 2. The largest absolute Gasteiger partial charge is 0.488 e. The van der Waals surface area contributed by atoms with Gasteiger partial charge in [0, 0.05) is 18.7 Å². The van der Waals surface area contributed by atoms with Crippen LogP contribution in [0.25, 0.3) is 0 Å². The van der Waals surface area contributed by atoms with Gasteiger partial charge in [-0.1, -0.05) is 37.0 Å². The third-order valence-electron chi connectivity index (χ3n) is 2.55. The summed E-state index contributed by atoms with van der Waals surface area (Å²) in [6.45, 7) is 5.28. The van der Waals surface area contributed by atoms with Crippen LogP contribution in [-0.2, 0) is 0 Å². The van der Waals surface area contributed by atoms with Crippen molar-refractivity contribution in [2.24, 2.45) is 5.92 Å². The normalized spacial score (nSPS) is 12.5. The molecule has 6 nitrogen and oxygen atoms in total. The lowest BCUT2D eigenvalue weighted by molar-refractivity contribution is -0.384. The van der Waals surface area contributed by atoms with Crippen LogP contribution >= 0.6 is 23.2 Å². The Balaban J connectivity index is 2.57. The third kappa shape index (κ3) is 6.05. The molecule has 0 amide bonds. The van der Waals surface area contributed by atoms with E-state index in [1.165, 1.54) is 0 Å². The van der Waals surface area contributed by atoms with Gasteiger partial charge in [-0.15, -0.1) is 0 Å². The van der Waals surface area contributed by atoms with Crippen molar-refractivity contribution in [1.29, 1.82) is 0 Å². The summed E-state index contributed by atoms with van der Waals surface area (Å²) in [5.41, 5.74) is -0.212. The van der Waals surface area contributed by atoms with E-state index in [1.54, 1.807) is 0 Å². The number of benzene rings is 1. The predicted molar refractivity (Wildman–Crippen MR) is 82.3 cm³/mol. The highest BCUT2D eigenvalue weighted by atomic mass is 35.5. The highest BCUT2D eigenvalue weighted by molar-refractivity contribution is 6.37. The molecule has 0 heterocycles. The van der Waals surface area contributed by atoms with Crippen molar-refractivity contribution < 1.29 is 14.8 Å². The molecule has 2 N–H and O–H groups in total. The van der Waals surface area contributed by atoms with E-state index >= 15 is 0 Å². The highest BCUT2D eigenvalue weighted by Crippen LogP contribution is 2.36. The highest BCUT2D eigenvalue weighted by Gasteiger charge is 2.16. The first-order chi connectivity index (χ1) is 9.81. The second-order valence-electron chi connectivity index (χ2n) is 5.01. The summed E-state index contributed by atoms with van der Waals surface area (Å²) in [6, 6.07) is 2.32. The van der Waals surface area contributed by atoms with E-state index in [1.807, 2.05) is 0 Å². The van der Waals surface area contributed by atoms with E-state index in [0.717, 1.165) is 18.7 Å². The van der Waals surface area contributed by atoms with Crippen LogP contribution < -0.4 is 10.1 Å². The van der Waals surface area contributed by atoms with Gasteiger partial charge < -0.3 is 15.2 Å². The van der Waals surface area contributed by atoms with Gasteiger partial charge in [0.1, 0.15) is 12.7 Å². The molecule has 0 aliphatic rings. The van der Waals surface area contributed by atoms with Crippen LogP contribution in [0.2, 0.25) is 10.0 Å². The number of aliphatic hydroxyl groups excluding tert-OH is 1. The second kappa shape index (κ2) is 8.38. The number of non-ortho nitro benzene ring substituents is 1. The Bertz CT molecular complexity index is 474. The Morgan fingerprint density at radius 1 is 1.33 bits per heavy atom. The van der Waals surface area contributed by atoms with Crippen molar-refractivity contribution >= 4 is 28.9 Å². The molecule has 1 rings (SSSR count). The van der Waals surface area contributed by atoms with Crippen molar-refractivity contribution in [3.05, 3.63) is 32.3 Å². The third-order valence-corrected chi connectivity index (χ3v) is 3.11. The molecular formula is C13H18Cl2N2O4. The molecule has 0 saturated heterocycles. The molecule has 0 saturated carbocycles. The van der Waals surface area contributed by atoms with Crippen LogP contribution in [0.3, 0.4) is 0 Å². The molecule has 1 aromatic rings. The Labute approximate surface area is 133 Å². The molecule has 21 heavy (non-hydrogen) atoms. The first kappa shape index (κ1) is 18.0. The van der Waals surface area contributed by atoms with Crippen LogP contribution in [0.1, 0.15) is 13.8 Å². The summed E-state index contributed by atoms with van der Waals surface area (Å²) in [4.78, 5) is 10.1. The Morgan fingerprint density at radius 3 is 2.38 bits per heavy atom. The lowest BCUT2D eigenvalue weighted by Crippen LogP contribution is -2.33. The van der Waals surface area contributed by atoms with Gasteiger partial charge in [-0.25, -0.2) is 0 Å². The number of nitrogens with one attached hydrogen (secondary N) is 1. The Morgan fingerprint density at radius 2 is 1.90 bits per heavy atom. The number of ether oxygens (including phenoxy) is 1. The standard InChI is InChI=1S/C13H18Cl2N2O4/c1-8(2)5-16-6-10(18)7-21-13-11(14)3-9(17(19)20)4-12(13)15/h3-4,8,10,16,18H,5-7H2,1-2H3. The molecular weight excluding hydrogens is 319 g/mol. The molecule has 1 unspecified atom stereocenters. The minimum atomic E-state index is -0.730. The van der Waals surface area contributed by atoms with Gasteiger partial charge in [0.25, 0.3) is 5.69 Å². The van der Waals surface area contributed by atoms with E-state index in [9.17, 15) is 15.2 Å². The van der Waals surface area contributed by atoms with Gasteiger partial charge in [-0.2, -0.15) is 0 Å². The summed E-state index contributed by atoms with van der Waals surface area (Å²) in [5.74, 6) is 0.614. The van der Waals surface area contributed by atoms with Crippen molar-refractivity contribution in [3.63, 3.8) is 0 Å². The van der Waals surface area contributed by atoms with Crippen molar-refractivity contribution in [3.8, 4) is 5.75 Å². The smallest absolute Gasteiger partial charge is 0.272 e. The number of hydrogen-bond acceptors (Lipinski definition) is 5. The van der Waals surface area contributed by atoms with Gasteiger partial charge in [0.2, 0.25) is 0 Å². The first-order valence-corrected chi connectivity index (χ1v) is 7.21. The number of rotatable bonds is 8. The summed E-state index contributed by atoms with van der Waals surface area (Å²) in [5, 5.41) is 23.6. The Hall–Kier alpha value is -1.08. The summed E-state index contributed by atoms with van der Waals surface area (Å²) in [7, 11) is 0. The molecule has 0 fully saturated rings. The topological polar surface area (TPSA) is 84.6 Å². The fourth-order valence-electron chi connectivity index (χ4n) is 1.57. The van der Waals surface area contributed by atoms with E-state index in [0.29, 0.717) is 12.5 Å². The predicted octanol–water partition coefficient (Wildman–Crippen LogP) is 2.89. The number of nitrogens with zero attached hydrogens (tertiary/aromatic N) is 1. The van der Waals surface area contributed by atoms with E-state index < -0.39 is 11.0 Å². The van der Waals surface area contributed by atoms with Gasteiger partial charge in [-0.05, 0) is 12.5 Å². The van der Waals surface area contributed by atoms with Crippen molar-refractivity contribution in [2.45, 2.75) is 20.0 Å². The second-order valence-corrected chi connectivity index (χ2v) is 5.83. The molecule has 0 aliphatic carbocycles. The maximum Gasteiger partial charge on any atom is 0.272 e. The number of nitro groups is 1. The quantitative estimate of drug-likeness (QED) is 0.563. The molecule has 0 radical (unpaired) electrons. The van der Waals surface area contributed by atoms with E-state index in [4.69, 9.17) is 27.9 Å². The van der Waals surface area contributed by atoms with E-state index in [2.05, 4.69) is 19.2 Å². The van der Waals surface area contributed by atoms with Gasteiger partial charge in [0.05, 0.1) is 15.0 Å². The van der Waals surface area contributed by atoms with Crippen LogP contribution in [0.5, 0.6) is 5.75 Å². The first-order valence-electron chi connectivity index (χ1n) is 6.46. The van der Waals surface area contributed by atoms with Gasteiger partial charge in [-0.3, -0.25) is 10.1 Å². The van der Waals surface area contributed by atoms with Crippen molar-refractivity contribution in [1.82, 2.24) is 5.32 Å². The lowest BCUT2D eigenvalue weighted by Gasteiger charge is -2.15. The molecule has 0 bridgehead atoms. The summed E-state index contributed by atoms with van der Waals surface area (Å²) >= 11 is 11.8. The fraction of sp³-hybridized carbons (Fsp3) is 0.538. The zero-order valence-corrected chi connectivity index (χ0v) is 13.3. The summed E-state index contributed by atoms with van der Waals surface area (Å²) in [6.07, 6.45) is -0.730. The molecule has 8 heteroatoms. The number of aliphatic hydroxyl groups is 1. The monoisotopic (exact) mass is 336 g/mol. The molecule has 118 valence electrons. The molecule has 0 spiro atoms. The minimum Gasteiger partial charge on any atom is -0.488 e. The molecule has 1 atom stereocenters.